The largest absolute Gasteiger partial charge is 0.496 e. The molecule has 2 aromatic rings. The van der Waals surface area contributed by atoms with E-state index in [0.717, 1.165) is 25.2 Å². The minimum atomic E-state index is -4.48. The molecule has 0 aromatic heterocycles. The zero-order valence-corrected chi connectivity index (χ0v) is 16.8. The number of benzene rings is 2. The molecule has 2 aliphatic rings. The number of methoxy groups -OCH3 is 1. The SMILES string of the molecule is COc1ccc(C(=O)N2CCN(C)CC2)cc1-c1cc(C(F)(F)F)cc2c1C=NC2. The molecule has 1 saturated heterocycles. The molecule has 4 rings (SSSR count). The van der Waals surface area contributed by atoms with Gasteiger partial charge in [0.2, 0.25) is 0 Å². The second-order valence-corrected chi connectivity index (χ2v) is 7.57. The van der Waals surface area contributed by atoms with E-state index in [2.05, 4.69) is 9.89 Å². The third-order valence-corrected chi connectivity index (χ3v) is 5.60. The highest BCUT2D eigenvalue weighted by molar-refractivity contribution is 5.99. The van der Waals surface area contributed by atoms with E-state index in [1.54, 1.807) is 29.3 Å². The highest BCUT2D eigenvalue weighted by atomic mass is 19.4. The Balaban J connectivity index is 1.79. The molecule has 0 unspecified atom stereocenters. The monoisotopic (exact) mass is 417 g/mol. The van der Waals surface area contributed by atoms with Crippen LogP contribution in [0.3, 0.4) is 0 Å². The minimum absolute atomic E-state index is 0.135. The van der Waals surface area contributed by atoms with Crippen molar-refractivity contribution in [1.29, 1.82) is 0 Å². The van der Waals surface area contributed by atoms with Gasteiger partial charge >= 0.3 is 6.18 Å². The van der Waals surface area contributed by atoms with Gasteiger partial charge in [0.1, 0.15) is 5.75 Å². The topological polar surface area (TPSA) is 45.1 Å². The first-order valence-electron chi connectivity index (χ1n) is 9.68. The predicted octanol–water partition coefficient (Wildman–Crippen LogP) is 3.70. The number of hydrogen-bond acceptors (Lipinski definition) is 4. The van der Waals surface area contributed by atoms with Gasteiger partial charge in [0.25, 0.3) is 5.91 Å². The molecule has 1 fully saturated rings. The molecule has 0 radical (unpaired) electrons. The van der Waals surface area contributed by atoms with Gasteiger partial charge in [-0.25, -0.2) is 0 Å². The molecule has 1 amide bonds. The Hall–Kier alpha value is -2.87. The quantitative estimate of drug-likeness (QED) is 0.765. The number of hydrogen-bond donors (Lipinski definition) is 0. The van der Waals surface area contributed by atoms with Crippen LogP contribution in [-0.4, -0.2) is 62.3 Å². The highest BCUT2D eigenvalue weighted by Crippen LogP contribution is 2.40. The lowest BCUT2D eigenvalue weighted by Gasteiger charge is -2.32. The number of carbonyl (C=O) groups excluding carboxylic acids is 1. The normalized spacial score (nSPS) is 16.6. The second-order valence-electron chi connectivity index (χ2n) is 7.57. The minimum Gasteiger partial charge on any atom is -0.496 e. The third-order valence-electron chi connectivity index (χ3n) is 5.60. The maximum atomic E-state index is 13.5. The molecular formula is C22H22F3N3O2. The smallest absolute Gasteiger partial charge is 0.416 e. The standard InChI is InChI=1S/C22H22F3N3O2/c1-27-5-7-28(8-6-27)21(29)14-3-4-20(30-2)18(10-14)17-11-16(22(23,24)25)9-15-12-26-13-19(15)17/h3-4,9-11,13H,5-8,12H2,1-2H3. The summed E-state index contributed by atoms with van der Waals surface area (Å²) in [5.74, 6) is 0.274. The lowest BCUT2D eigenvalue weighted by Crippen LogP contribution is -2.47. The number of carbonyl (C=O) groups is 1. The molecule has 30 heavy (non-hydrogen) atoms. The summed E-state index contributed by atoms with van der Waals surface area (Å²) >= 11 is 0. The molecule has 0 atom stereocenters. The number of ether oxygens (including phenoxy) is 1. The van der Waals surface area contributed by atoms with E-state index >= 15 is 0 Å². The van der Waals surface area contributed by atoms with Gasteiger partial charge in [-0.05, 0) is 48.5 Å². The fraction of sp³-hybridized carbons (Fsp3) is 0.364. The predicted molar refractivity (Wildman–Crippen MR) is 108 cm³/mol. The molecule has 0 N–H and O–H groups in total. The van der Waals surface area contributed by atoms with E-state index in [1.807, 2.05) is 7.05 Å². The number of likely N-dealkylation sites (N-methyl/N-ethyl adjacent to an activating group) is 1. The Kier molecular flexibility index (Phi) is 5.27. The van der Waals surface area contributed by atoms with E-state index in [1.165, 1.54) is 7.11 Å². The van der Waals surface area contributed by atoms with Crippen molar-refractivity contribution in [1.82, 2.24) is 9.80 Å². The van der Waals surface area contributed by atoms with Gasteiger partial charge in [0, 0.05) is 49.1 Å². The van der Waals surface area contributed by atoms with Crippen LogP contribution in [0.2, 0.25) is 0 Å². The molecule has 158 valence electrons. The summed E-state index contributed by atoms with van der Waals surface area (Å²) in [7, 11) is 3.46. The summed E-state index contributed by atoms with van der Waals surface area (Å²) in [6, 6.07) is 7.17. The Morgan fingerprint density at radius 1 is 1.07 bits per heavy atom. The first-order chi connectivity index (χ1) is 14.3. The Morgan fingerprint density at radius 3 is 2.47 bits per heavy atom. The van der Waals surface area contributed by atoms with E-state index in [0.29, 0.717) is 46.7 Å². The van der Waals surface area contributed by atoms with Gasteiger partial charge in [-0.1, -0.05) is 0 Å². The summed E-state index contributed by atoms with van der Waals surface area (Å²) < 4.78 is 45.9. The van der Waals surface area contributed by atoms with Crippen molar-refractivity contribution in [2.75, 3.05) is 40.3 Å². The van der Waals surface area contributed by atoms with E-state index < -0.39 is 11.7 Å². The lowest BCUT2D eigenvalue weighted by atomic mass is 9.92. The molecule has 2 heterocycles. The van der Waals surface area contributed by atoms with Gasteiger partial charge in [-0.15, -0.1) is 0 Å². The molecule has 0 spiro atoms. The van der Waals surface area contributed by atoms with Gasteiger partial charge in [-0.3, -0.25) is 9.79 Å². The summed E-state index contributed by atoms with van der Waals surface area (Å²) in [5.41, 5.74) is 1.65. The molecule has 0 bridgehead atoms. The van der Waals surface area contributed by atoms with Crippen LogP contribution in [0.4, 0.5) is 13.2 Å². The van der Waals surface area contributed by atoms with Gasteiger partial charge < -0.3 is 14.5 Å². The number of piperazine rings is 1. The van der Waals surface area contributed by atoms with Crippen LogP contribution < -0.4 is 4.74 Å². The van der Waals surface area contributed by atoms with Gasteiger partial charge in [-0.2, -0.15) is 13.2 Å². The third kappa shape index (κ3) is 3.79. The van der Waals surface area contributed by atoms with Crippen LogP contribution >= 0.6 is 0 Å². The van der Waals surface area contributed by atoms with Crippen molar-refractivity contribution in [2.24, 2.45) is 4.99 Å². The Labute approximate surface area is 172 Å². The summed E-state index contributed by atoms with van der Waals surface area (Å²) in [4.78, 5) is 21.1. The summed E-state index contributed by atoms with van der Waals surface area (Å²) in [6.07, 6.45) is -2.90. The second kappa shape index (κ2) is 7.75. The van der Waals surface area contributed by atoms with Crippen molar-refractivity contribution in [2.45, 2.75) is 12.7 Å². The zero-order chi connectivity index (χ0) is 21.5. The van der Waals surface area contributed by atoms with Gasteiger partial charge in [0.15, 0.2) is 0 Å². The van der Waals surface area contributed by atoms with Crippen LogP contribution in [0.5, 0.6) is 5.75 Å². The summed E-state index contributed by atoms with van der Waals surface area (Å²) in [5, 5.41) is 0. The number of alkyl halides is 3. The highest BCUT2D eigenvalue weighted by Gasteiger charge is 2.33. The fourth-order valence-electron chi connectivity index (χ4n) is 3.86. The van der Waals surface area contributed by atoms with E-state index in [-0.39, 0.29) is 12.5 Å². The Morgan fingerprint density at radius 2 is 1.80 bits per heavy atom. The van der Waals surface area contributed by atoms with E-state index in [9.17, 15) is 18.0 Å². The first-order valence-corrected chi connectivity index (χ1v) is 9.68. The summed E-state index contributed by atoms with van der Waals surface area (Å²) in [6.45, 7) is 3.00. The molecule has 0 saturated carbocycles. The number of fused-ring (bicyclic) bond motifs is 1. The molecule has 2 aromatic carbocycles. The number of halogens is 3. The average molecular weight is 417 g/mol. The van der Waals surface area contributed by atoms with Crippen LogP contribution in [0, 0.1) is 0 Å². The van der Waals surface area contributed by atoms with Crippen molar-refractivity contribution in [3.63, 3.8) is 0 Å². The van der Waals surface area contributed by atoms with Crippen LogP contribution in [0.25, 0.3) is 11.1 Å². The molecule has 8 heteroatoms. The van der Waals surface area contributed by atoms with Crippen molar-refractivity contribution < 1.29 is 22.7 Å². The first kappa shape index (κ1) is 20.4. The Bertz CT molecular complexity index is 1010. The van der Waals surface area contributed by atoms with E-state index in [4.69, 9.17) is 4.74 Å². The maximum absolute atomic E-state index is 13.5. The van der Waals surface area contributed by atoms with Crippen molar-refractivity contribution >= 4 is 12.1 Å². The zero-order valence-electron chi connectivity index (χ0n) is 16.8. The van der Waals surface area contributed by atoms with Crippen molar-refractivity contribution in [3.8, 4) is 16.9 Å². The molecular weight excluding hydrogens is 395 g/mol. The number of aliphatic imine (C=N–C) groups is 1. The van der Waals surface area contributed by atoms with Crippen LogP contribution in [-0.2, 0) is 12.7 Å². The van der Waals surface area contributed by atoms with Crippen LogP contribution in [0.15, 0.2) is 35.3 Å². The maximum Gasteiger partial charge on any atom is 0.416 e. The van der Waals surface area contributed by atoms with Crippen LogP contribution in [0.1, 0.15) is 27.0 Å². The molecule has 0 aliphatic carbocycles. The lowest BCUT2D eigenvalue weighted by molar-refractivity contribution is -0.137. The van der Waals surface area contributed by atoms with Crippen molar-refractivity contribution in [3.05, 3.63) is 52.6 Å². The number of nitrogens with zero attached hydrogens (tertiary/aromatic N) is 3. The fourth-order valence-corrected chi connectivity index (χ4v) is 3.86. The number of amides is 1. The number of rotatable bonds is 3. The van der Waals surface area contributed by atoms with Gasteiger partial charge in [0.05, 0.1) is 19.2 Å². The molecule has 2 aliphatic heterocycles. The average Bonchev–Trinajstić information content (AvgIpc) is 3.21. The molecule has 5 nitrogen and oxygen atoms in total.